The van der Waals surface area contributed by atoms with Gasteiger partial charge in [-0.25, -0.2) is 4.98 Å². The maximum Gasteiger partial charge on any atom is 0.267 e. The normalized spacial score (nSPS) is 13.5. The van der Waals surface area contributed by atoms with Crippen LogP contribution in [0.25, 0.3) is 15.9 Å². The first-order chi connectivity index (χ1) is 15.0. The molecule has 0 aliphatic heterocycles. The Kier molecular flexibility index (Phi) is 5.11. The average Bonchev–Trinajstić information content (AvgIpc) is 3.11. The van der Waals surface area contributed by atoms with Crippen LogP contribution >= 0.6 is 23.1 Å². The van der Waals surface area contributed by atoms with E-state index in [9.17, 15) is 4.79 Å². The minimum atomic E-state index is -0.0228. The first kappa shape index (κ1) is 20.0. The highest BCUT2D eigenvalue weighted by Gasteiger charge is 2.23. The highest BCUT2D eigenvalue weighted by Crippen LogP contribution is 2.35. The molecule has 0 spiro atoms. The maximum atomic E-state index is 13.7. The summed E-state index contributed by atoms with van der Waals surface area (Å²) in [5.41, 5.74) is 14.5. The van der Waals surface area contributed by atoms with Crippen LogP contribution in [0.2, 0.25) is 0 Å². The molecule has 1 aliphatic carbocycles. The molecule has 1 aromatic carbocycles. The summed E-state index contributed by atoms with van der Waals surface area (Å²) in [5.74, 6) is 0.971. The van der Waals surface area contributed by atoms with E-state index in [1.807, 2.05) is 31.2 Å². The van der Waals surface area contributed by atoms with Crippen LogP contribution in [-0.2, 0) is 18.6 Å². The van der Waals surface area contributed by atoms with Gasteiger partial charge in [0.25, 0.3) is 5.56 Å². The monoisotopic (exact) mass is 451 g/mol. The van der Waals surface area contributed by atoms with Crippen molar-refractivity contribution in [3.63, 3.8) is 0 Å². The first-order valence-electron chi connectivity index (χ1n) is 10.0. The molecular weight excluding hydrogens is 430 g/mol. The minimum Gasteiger partial charge on any atom is -0.368 e. The van der Waals surface area contributed by atoms with Crippen LogP contribution in [0.15, 0.2) is 34.2 Å². The van der Waals surface area contributed by atoms with Crippen LogP contribution in [-0.4, -0.2) is 24.5 Å². The summed E-state index contributed by atoms with van der Waals surface area (Å²) in [5, 5.41) is 1.36. The Hall–Kier alpha value is -2.98. The molecule has 8 nitrogen and oxygen atoms in total. The van der Waals surface area contributed by atoms with Crippen LogP contribution in [0.3, 0.4) is 0 Å². The summed E-state index contributed by atoms with van der Waals surface area (Å²) >= 11 is 3.03. The van der Waals surface area contributed by atoms with Crippen molar-refractivity contribution in [1.29, 1.82) is 0 Å². The Labute approximate surface area is 186 Å². The molecule has 4 aromatic rings. The van der Waals surface area contributed by atoms with Gasteiger partial charge in [0.1, 0.15) is 10.7 Å². The number of benzene rings is 1. The van der Waals surface area contributed by atoms with E-state index in [1.165, 1.54) is 22.2 Å². The zero-order chi connectivity index (χ0) is 21.5. The summed E-state index contributed by atoms with van der Waals surface area (Å²) in [6.45, 7) is 2.02. The zero-order valence-electron chi connectivity index (χ0n) is 17.0. The fraction of sp³-hybridized carbons (Fsp3) is 0.286. The number of thioether (sulfide) groups is 1. The van der Waals surface area contributed by atoms with Crippen molar-refractivity contribution >= 4 is 45.2 Å². The number of nitrogens with zero attached hydrogens (tertiary/aromatic N) is 5. The van der Waals surface area contributed by atoms with Gasteiger partial charge >= 0.3 is 0 Å². The zero-order valence-corrected chi connectivity index (χ0v) is 18.6. The maximum absolute atomic E-state index is 13.7. The molecule has 0 bridgehead atoms. The van der Waals surface area contributed by atoms with E-state index in [2.05, 4.69) is 15.0 Å². The van der Waals surface area contributed by atoms with Crippen molar-refractivity contribution in [3.05, 3.63) is 56.4 Å². The molecule has 0 atom stereocenters. The van der Waals surface area contributed by atoms with E-state index in [0.717, 1.165) is 47.2 Å². The van der Waals surface area contributed by atoms with Crippen molar-refractivity contribution in [2.45, 2.75) is 43.5 Å². The fourth-order valence-electron chi connectivity index (χ4n) is 3.86. The van der Waals surface area contributed by atoms with Gasteiger partial charge in [-0.1, -0.05) is 29.5 Å². The third kappa shape index (κ3) is 3.77. The molecule has 4 N–H and O–H groups in total. The Balaban J connectivity index is 1.65. The first-order valence-corrected chi connectivity index (χ1v) is 11.8. The number of hydrogen-bond acceptors (Lipinski definition) is 9. The second kappa shape index (κ2) is 7.93. The lowest BCUT2D eigenvalue weighted by Crippen LogP contribution is -2.22. The average molecular weight is 452 g/mol. The second-order valence-corrected chi connectivity index (χ2v) is 9.54. The minimum absolute atomic E-state index is 0.0228. The molecule has 0 radical (unpaired) electrons. The van der Waals surface area contributed by atoms with E-state index < -0.39 is 0 Å². The Morgan fingerprint density at radius 1 is 1.03 bits per heavy atom. The lowest BCUT2D eigenvalue weighted by molar-refractivity contribution is 0.699. The standard InChI is InChI=1S/C21H21N7OS2/c1-11-6-8-12(9-7-11)28-18(29)16-13-4-2-3-5-14(13)31-17(16)26-21(28)30-10-15-24-19(22)27-20(23)25-15/h6-9H,2-5,10H2,1H3,(H4,22,23,24,25,27). The highest BCUT2D eigenvalue weighted by atomic mass is 32.2. The molecule has 3 heterocycles. The largest absolute Gasteiger partial charge is 0.368 e. The third-order valence-electron chi connectivity index (χ3n) is 5.30. The summed E-state index contributed by atoms with van der Waals surface area (Å²) in [4.78, 5) is 32.8. The molecule has 0 unspecified atom stereocenters. The molecule has 1 aliphatic rings. The summed E-state index contributed by atoms with van der Waals surface area (Å²) in [6, 6.07) is 7.89. The van der Waals surface area contributed by atoms with Crippen LogP contribution in [0.4, 0.5) is 11.9 Å². The van der Waals surface area contributed by atoms with Gasteiger partial charge in [-0.3, -0.25) is 9.36 Å². The number of aryl methyl sites for hydroxylation is 3. The van der Waals surface area contributed by atoms with Gasteiger partial charge in [0.15, 0.2) is 5.16 Å². The molecular formula is C21H21N7OS2. The molecule has 5 rings (SSSR count). The van der Waals surface area contributed by atoms with E-state index in [4.69, 9.17) is 16.5 Å². The third-order valence-corrected chi connectivity index (χ3v) is 7.42. The van der Waals surface area contributed by atoms with Gasteiger partial charge in [0, 0.05) is 4.88 Å². The molecule has 0 saturated carbocycles. The number of nitrogen functional groups attached to an aromatic ring is 2. The van der Waals surface area contributed by atoms with Crippen LogP contribution in [0.5, 0.6) is 0 Å². The van der Waals surface area contributed by atoms with Crippen molar-refractivity contribution in [3.8, 4) is 5.69 Å². The number of rotatable bonds is 4. The molecule has 0 saturated heterocycles. The van der Waals surface area contributed by atoms with Crippen molar-refractivity contribution in [1.82, 2.24) is 24.5 Å². The quantitative estimate of drug-likeness (QED) is 0.358. The highest BCUT2D eigenvalue weighted by molar-refractivity contribution is 7.98. The van der Waals surface area contributed by atoms with Crippen LogP contribution < -0.4 is 17.0 Å². The number of anilines is 2. The number of thiophene rings is 1. The summed E-state index contributed by atoms with van der Waals surface area (Å²) in [6.07, 6.45) is 4.24. The Morgan fingerprint density at radius 2 is 1.74 bits per heavy atom. The van der Waals surface area contributed by atoms with Crippen LogP contribution in [0, 0.1) is 6.92 Å². The molecule has 31 heavy (non-hydrogen) atoms. The van der Waals surface area contributed by atoms with Crippen molar-refractivity contribution < 1.29 is 0 Å². The van der Waals surface area contributed by atoms with Crippen LogP contribution in [0.1, 0.15) is 34.7 Å². The molecule has 0 amide bonds. The number of hydrogen-bond donors (Lipinski definition) is 2. The molecule has 158 valence electrons. The SMILES string of the molecule is Cc1ccc(-n2c(SCc3nc(N)nc(N)n3)nc3sc4c(c3c2=O)CCCC4)cc1. The lowest BCUT2D eigenvalue weighted by Gasteiger charge is -2.13. The van der Waals surface area contributed by atoms with E-state index in [1.54, 1.807) is 15.9 Å². The van der Waals surface area contributed by atoms with E-state index >= 15 is 0 Å². The van der Waals surface area contributed by atoms with Crippen molar-refractivity contribution in [2.75, 3.05) is 11.5 Å². The van der Waals surface area contributed by atoms with Gasteiger partial charge in [0.2, 0.25) is 11.9 Å². The summed E-state index contributed by atoms with van der Waals surface area (Å²) < 4.78 is 1.70. The topological polar surface area (TPSA) is 126 Å². The van der Waals surface area contributed by atoms with E-state index in [-0.39, 0.29) is 17.5 Å². The molecule has 3 aromatic heterocycles. The van der Waals surface area contributed by atoms with Gasteiger partial charge in [-0.2, -0.15) is 15.0 Å². The van der Waals surface area contributed by atoms with E-state index in [0.29, 0.717) is 16.7 Å². The molecule has 10 heteroatoms. The number of fused-ring (bicyclic) bond motifs is 3. The Bertz CT molecular complexity index is 1320. The smallest absolute Gasteiger partial charge is 0.267 e. The van der Waals surface area contributed by atoms with Gasteiger partial charge in [-0.15, -0.1) is 11.3 Å². The van der Waals surface area contributed by atoms with Gasteiger partial charge in [-0.05, 0) is 50.3 Å². The Morgan fingerprint density at radius 3 is 2.48 bits per heavy atom. The predicted octanol–water partition coefficient (Wildman–Crippen LogP) is 3.28. The number of nitrogens with two attached hydrogens (primary N) is 2. The predicted molar refractivity (Wildman–Crippen MR) is 125 cm³/mol. The van der Waals surface area contributed by atoms with Crippen molar-refractivity contribution in [2.24, 2.45) is 0 Å². The summed E-state index contributed by atoms with van der Waals surface area (Å²) in [7, 11) is 0. The van der Waals surface area contributed by atoms with Gasteiger partial charge < -0.3 is 11.5 Å². The second-order valence-electron chi connectivity index (χ2n) is 7.52. The fourth-order valence-corrected chi connectivity index (χ4v) is 6.03. The molecule has 0 fully saturated rings. The lowest BCUT2D eigenvalue weighted by atomic mass is 9.97. The number of aromatic nitrogens is 5. The van der Waals surface area contributed by atoms with Gasteiger partial charge in [0.05, 0.1) is 16.8 Å².